The Balaban J connectivity index is 1.61. The van der Waals surface area contributed by atoms with E-state index in [1.807, 2.05) is 0 Å². The predicted molar refractivity (Wildman–Crippen MR) is 106 cm³/mol. The van der Waals surface area contributed by atoms with Crippen LogP contribution >= 0.6 is 23.2 Å². The van der Waals surface area contributed by atoms with Crippen LogP contribution in [-0.4, -0.2) is 51.8 Å². The molecule has 1 fully saturated rings. The molecule has 0 aliphatic carbocycles. The lowest BCUT2D eigenvalue weighted by atomic mass is 10.1. The number of benzene rings is 2. The number of hydroxylamine groups is 2. The van der Waals surface area contributed by atoms with Gasteiger partial charge in [-0.1, -0.05) is 41.4 Å². The van der Waals surface area contributed by atoms with Crippen LogP contribution in [0.2, 0.25) is 10.0 Å². The average Bonchev–Trinajstić information content (AvgIpc) is 3.15. The first-order valence-corrected chi connectivity index (χ1v) is 9.67. The van der Waals surface area contributed by atoms with Gasteiger partial charge in [-0.15, -0.1) is 0 Å². The second-order valence-electron chi connectivity index (χ2n) is 6.75. The fourth-order valence-corrected chi connectivity index (χ4v) is 3.98. The van der Waals surface area contributed by atoms with Crippen molar-refractivity contribution >= 4 is 46.8 Å². The van der Waals surface area contributed by atoms with Crippen molar-refractivity contribution in [2.45, 2.75) is 13.1 Å². The molecule has 0 N–H and O–H groups in total. The van der Waals surface area contributed by atoms with Crippen molar-refractivity contribution < 1.29 is 24.0 Å². The molecule has 1 unspecified atom stereocenters. The van der Waals surface area contributed by atoms with Gasteiger partial charge in [0.15, 0.2) is 12.9 Å². The Labute approximate surface area is 181 Å². The standard InChI is InChI=1S/C20H15Cl2N3O5/c1-11(26)23-9-17(27)25(18(23)15-7-6-12(21)8-16(15)22)30-10-24-19(28)13-4-2-3-5-14(13)20(24)29/h2-8,18H,9-10H2,1H3. The maximum absolute atomic E-state index is 12.6. The van der Waals surface area contributed by atoms with E-state index in [-0.39, 0.29) is 28.6 Å². The second-order valence-corrected chi connectivity index (χ2v) is 7.59. The average molecular weight is 448 g/mol. The molecule has 2 heterocycles. The van der Waals surface area contributed by atoms with Crippen LogP contribution < -0.4 is 0 Å². The van der Waals surface area contributed by atoms with Gasteiger partial charge >= 0.3 is 0 Å². The maximum Gasteiger partial charge on any atom is 0.268 e. The van der Waals surface area contributed by atoms with Gasteiger partial charge in [0.05, 0.1) is 11.1 Å². The zero-order valence-electron chi connectivity index (χ0n) is 15.7. The van der Waals surface area contributed by atoms with E-state index in [9.17, 15) is 19.2 Å². The summed E-state index contributed by atoms with van der Waals surface area (Å²) in [5, 5.41) is 1.59. The van der Waals surface area contributed by atoms with Gasteiger partial charge in [-0.3, -0.25) is 19.2 Å². The lowest BCUT2D eigenvalue weighted by Crippen LogP contribution is -2.40. The Morgan fingerprint density at radius 3 is 2.27 bits per heavy atom. The molecule has 0 bridgehead atoms. The zero-order chi connectivity index (χ0) is 21.6. The summed E-state index contributed by atoms with van der Waals surface area (Å²) in [4.78, 5) is 57.5. The summed E-state index contributed by atoms with van der Waals surface area (Å²) in [5.74, 6) is -1.93. The molecule has 0 radical (unpaired) electrons. The lowest BCUT2D eigenvalue weighted by Gasteiger charge is -2.30. The first kappa shape index (κ1) is 20.3. The van der Waals surface area contributed by atoms with Gasteiger partial charge in [0.25, 0.3) is 17.7 Å². The summed E-state index contributed by atoms with van der Waals surface area (Å²) >= 11 is 12.2. The third-order valence-corrected chi connectivity index (χ3v) is 5.48. The molecule has 4 rings (SSSR count). The quantitative estimate of drug-likeness (QED) is 0.672. The van der Waals surface area contributed by atoms with Gasteiger partial charge in [0.2, 0.25) is 5.91 Å². The van der Waals surface area contributed by atoms with E-state index in [1.165, 1.54) is 17.9 Å². The highest BCUT2D eigenvalue weighted by atomic mass is 35.5. The van der Waals surface area contributed by atoms with Crippen molar-refractivity contribution in [3.8, 4) is 0 Å². The summed E-state index contributed by atoms with van der Waals surface area (Å²) in [6.45, 7) is 0.588. The SMILES string of the molecule is CC(=O)N1CC(=O)N(OCN2C(=O)c3ccccc3C2=O)C1c1ccc(Cl)cc1Cl. The summed E-state index contributed by atoms with van der Waals surface area (Å²) in [6, 6.07) is 11.0. The van der Waals surface area contributed by atoms with E-state index in [1.54, 1.807) is 36.4 Å². The molecule has 2 aliphatic rings. The van der Waals surface area contributed by atoms with Crippen molar-refractivity contribution in [3.05, 3.63) is 69.2 Å². The summed E-state index contributed by atoms with van der Waals surface area (Å²) in [7, 11) is 0. The Kier molecular flexibility index (Phi) is 5.23. The van der Waals surface area contributed by atoms with Crippen LogP contribution in [0.5, 0.6) is 0 Å². The van der Waals surface area contributed by atoms with Crippen LogP contribution in [0.3, 0.4) is 0 Å². The Morgan fingerprint density at radius 2 is 1.70 bits per heavy atom. The second kappa shape index (κ2) is 7.71. The van der Waals surface area contributed by atoms with Crippen molar-refractivity contribution in [1.29, 1.82) is 0 Å². The molecule has 2 aliphatic heterocycles. The highest BCUT2D eigenvalue weighted by molar-refractivity contribution is 6.35. The van der Waals surface area contributed by atoms with Crippen molar-refractivity contribution in [2.75, 3.05) is 13.3 Å². The molecule has 1 atom stereocenters. The minimum Gasteiger partial charge on any atom is -0.307 e. The predicted octanol–water partition coefficient (Wildman–Crippen LogP) is 2.87. The van der Waals surface area contributed by atoms with Crippen LogP contribution in [0.1, 0.15) is 39.4 Å². The smallest absolute Gasteiger partial charge is 0.268 e. The molecule has 2 aromatic rings. The van der Waals surface area contributed by atoms with Crippen LogP contribution in [0.15, 0.2) is 42.5 Å². The Hall–Kier alpha value is -2.94. The van der Waals surface area contributed by atoms with E-state index in [2.05, 4.69) is 0 Å². The van der Waals surface area contributed by atoms with Crippen LogP contribution in [0.25, 0.3) is 0 Å². The number of imide groups is 1. The Morgan fingerprint density at radius 1 is 1.07 bits per heavy atom. The number of carbonyl (C=O) groups excluding carboxylic acids is 4. The largest absolute Gasteiger partial charge is 0.307 e. The van der Waals surface area contributed by atoms with Crippen molar-refractivity contribution in [1.82, 2.24) is 14.9 Å². The molecular formula is C20H15Cl2N3O5. The molecule has 0 aromatic heterocycles. The molecule has 0 spiro atoms. The van der Waals surface area contributed by atoms with Gasteiger partial charge in [0, 0.05) is 22.5 Å². The van der Waals surface area contributed by atoms with Gasteiger partial charge < -0.3 is 4.90 Å². The van der Waals surface area contributed by atoms with E-state index >= 15 is 0 Å². The Bertz CT molecular complexity index is 1050. The number of nitrogens with zero attached hydrogens (tertiary/aromatic N) is 3. The number of hydrogen-bond donors (Lipinski definition) is 0. The number of hydrogen-bond acceptors (Lipinski definition) is 5. The summed E-state index contributed by atoms with van der Waals surface area (Å²) in [5.41, 5.74) is 0.951. The topological polar surface area (TPSA) is 87.2 Å². The van der Waals surface area contributed by atoms with Gasteiger partial charge in [-0.05, 0) is 24.3 Å². The number of rotatable bonds is 4. The highest BCUT2D eigenvalue weighted by Gasteiger charge is 2.44. The summed E-state index contributed by atoms with van der Waals surface area (Å²) < 4.78 is 0. The molecule has 8 nitrogen and oxygen atoms in total. The van der Waals surface area contributed by atoms with E-state index in [4.69, 9.17) is 28.0 Å². The van der Waals surface area contributed by atoms with E-state index in [0.29, 0.717) is 10.6 Å². The van der Waals surface area contributed by atoms with Gasteiger partial charge in [-0.25, -0.2) is 9.74 Å². The zero-order valence-corrected chi connectivity index (χ0v) is 17.2. The monoisotopic (exact) mass is 447 g/mol. The van der Waals surface area contributed by atoms with Crippen LogP contribution in [-0.2, 0) is 14.4 Å². The molecular weight excluding hydrogens is 433 g/mol. The fraction of sp³-hybridized carbons (Fsp3) is 0.200. The molecule has 30 heavy (non-hydrogen) atoms. The molecule has 4 amide bonds. The first-order chi connectivity index (χ1) is 14.3. The first-order valence-electron chi connectivity index (χ1n) is 8.92. The van der Waals surface area contributed by atoms with E-state index < -0.39 is 30.6 Å². The van der Waals surface area contributed by atoms with E-state index in [0.717, 1.165) is 9.96 Å². The molecule has 154 valence electrons. The van der Waals surface area contributed by atoms with Crippen LogP contribution in [0.4, 0.5) is 0 Å². The molecule has 2 aromatic carbocycles. The third-order valence-electron chi connectivity index (χ3n) is 4.92. The van der Waals surface area contributed by atoms with Crippen molar-refractivity contribution in [3.63, 3.8) is 0 Å². The molecule has 10 heteroatoms. The summed E-state index contributed by atoms with van der Waals surface area (Å²) in [6.07, 6.45) is -0.963. The minimum absolute atomic E-state index is 0.235. The number of fused-ring (bicyclic) bond motifs is 1. The van der Waals surface area contributed by atoms with Crippen LogP contribution in [0, 0.1) is 0 Å². The van der Waals surface area contributed by atoms with Crippen molar-refractivity contribution in [2.24, 2.45) is 0 Å². The lowest BCUT2D eigenvalue weighted by molar-refractivity contribution is -0.208. The van der Waals surface area contributed by atoms with Gasteiger partial charge in [0.1, 0.15) is 6.54 Å². The normalized spacial score (nSPS) is 18.4. The molecule has 1 saturated heterocycles. The minimum atomic E-state index is -0.963. The number of amides is 4. The maximum atomic E-state index is 12.6. The van der Waals surface area contributed by atoms with Gasteiger partial charge in [-0.2, -0.15) is 5.06 Å². The molecule has 0 saturated carbocycles. The third kappa shape index (κ3) is 3.32. The highest BCUT2D eigenvalue weighted by Crippen LogP contribution is 2.36. The number of halogens is 2. The fourth-order valence-electron chi connectivity index (χ4n) is 3.47. The number of carbonyl (C=O) groups is 4.